The van der Waals surface area contributed by atoms with Crippen molar-refractivity contribution >= 4 is 11.8 Å². The van der Waals surface area contributed by atoms with E-state index >= 15 is 0 Å². The third kappa shape index (κ3) is 3.28. The SMILES string of the molecule is COc1cccc(C2C(C(=O)c3ccccc3)C(O)(C(F)(F)F)N(C)C(=O)N2C)c1. The Hall–Kier alpha value is -3.07. The Balaban J connectivity index is 2.27. The van der Waals surface area contributed by atoms with Crippen LogP contribution in [-0.2, 0) is 0 Å². The average Bonchev–Trinajstić information content (AvgIpc) is 2.74. The lowest BCUT2D eigenvalue weighted by Gasteiger charge is -2.53. The van der Waals surface area contributed by atoms with Gasteiger partial charge in [-0.25, -0.2) is 4.79 Å². The van der Waals surface area contributed by atoms with Crippen molar-refractivity contribution in [3.63, 3.8) is 0 Å². The smallest absolute Gasteiger partial charge is 0.437 e. The lowest BCUT2D eigenvalue weighted by Crippen LogP contribution is -2.73. The number of rotatable bonds is 4. The van der Waals surface area contributed by atoms with Crippen LogP contribution >= 0.6 is 0 Å². The number of carbonyl (C=O) groups excluding carboxylic acids is 2. The van der Waals surface area contributed by atoms with Crippen LogP contribution in [0.5, 0.6) is 5.75 Å². The van der Waals surface area contributed by atoms with Gasteiger partial charge in [0.1, 0.15) is 11.7 Å². The number of methoxy groups -OCH3 is 1. The molecule has 3 atom stereocenters. The molecule has 0 aliphatic carbocycles. The van der Waals surface area contributed by atoms with Gasteiger partial charge in [-0.1, -0.05) is 42.5 Å². The lowest BCUT2D eigenvalue weighted by molar-refractivity contribution is -0.328. The zero-order valence-electron chi connectivity index (χ0n) is 16.6. The molecular formula is C21H21F3N2O4. The number of urea groups is 1. The number of halogens is 3. The first kappa shape index (κ1) is 21.6. The predicted octanol–water partition coefficient (Wildman–Crippen LogP) is 3.48. The molecule has 1 N–H and O–H groups in total. The molecule has 0 spiro atoms. The number of amides is 2. The molecule has 1 fully saturated rings. The number of carbonyl (C=O) groups is 2. The first-order valence-electron chi connectivity index (χ1n) is 9.07. The first-order chi connectivity index (χ1) is 14.0. The van der Waals surface area contributed by atoms with Crippen LogP contribution in [0, 0.1) is 5.92 Å². The van der Waals surface area contributed by atoms with Crippen LogP contribution in [-0.4, -0.2) is 59.8 Å². The molecule has 3 unspecified atom stereocenters. The van der Waals surface area contributed by atoms with E-state index in [2.05, 4.69) is 0 Å². The molecule has 1 saturated heterocycles. The third-order valence-electron chi connectivity index (χ3n) is 5.46. The molecule has 30 heavy (non-hydrogen) atoms. The van der Waals surface area contributed by atoms with E-state index in [-0.39, 0.29) is 16.0 Å². The number of aliphatic hydroxyl groups is 1. The van der Waals surface area contributed by atoms with Crippen molar-refractivity contribution in [2.75, 3.05) is 21.2 Å². The highest BCUT2D eigenvalue weighted by atomic mass is 19.4. The molecule has 2 aromatic carbocycles. The summed E-state index contributed by atoms with van der Waals surface area (Å²) in [5.74, 6) is -2.64. The fourth-order valence-corrected chi connectivity index (χ4v) is 3.87. The Morgan fingerprint density at radius 1 is 1.10 bits per heavy atom. The molecular weight excluding hydrogens is 401 g/mol. The number of hydrogen-bond acceptors (Lipinski definition) is 4. The maximum atomic E-state index is 14.2. The molecule has 0 bridgehead atoms. The minimum atomic E-state index is -5.29. The van der Waals surface area contributed by atoms with Crippen molar-refractivity contribution in [1.82, 2.24) is 9.80 Å². The fourth-order valence-electron chi connectivity index (χ4n) is 3.87. The van der Waals surface area contributed by atoms with Gasteiger partial charge in [0.05, 0.1) is 13.2 Å². The normalized spacial score (nSPS) is 24.7. The van der Waals surface area contributed by atoms with Crippen LogP contribution in [0.4, 0.5) is 18.0 Å². The van der Waals surface area contributed by atoms with Gasteiger partial charge < -0.3 is 14.7 Å². The number of alkyl halides is 3. The van der Waals surface area contributed by atoms with E-state index < -0.39 is 35.7 Å². The predicted molar refractivity (Wildman–Crippen MR) is 102 cm³/mol. The molecule has 1 heterocycles. The van der Waals surface area contributed by atoms with Gasteiger partial charge in [-0.3, -0.25) is 9.69 Å². The quantitative estimate of drug-likeness (QED) is 0.766. The summed E-state index contributed by atoms with van der Waals surface area (Å²) in [5, 5.41) is 10.9. The van der Waals surface area contributed by atoms with Crippen LogP contribution in [0.2, 0.25) is 0 Å². The van der Waals surface area contributed by atoms with Crippen molar-refractivity contribution in [3.05, 3.63) is 65.7 Å². The Labute approximate surface area is 171 Å². The largest absolute Gasteiger partial charge is 0.497 e. The van der Waals surface area contributed by atoms with E-state index in [9.17, 15) is 27.9 Å². The van der Waals surface area contributed by atoms with E-state index in [0.29, 0.717) is 5.75 Å². The van der Waals surface area contributed by atoms with Crippen molar-refractivity contribution < 1.29 is 32.6 Å². The van der Waals surface area contributed by atoms with Gasteiger partial charge in [-0.2, -0.15) is 13.2 Å². The summed E-state index contributed by atoms with van der Waals surface area (Å²) in [6.07, 6.45) is -5.29. The van der Waals surface area contributed by atoms with Crippen LogP contribution in [0.3, 0.4) is 0 Å². The van der Waals surface area contributed by atoms with Gasteiger partial charge in [-0.15, -0.1) is 0 Å². The summed E-state index contributed by atoms with van der Waals surface area (Å²) < 4.78 is 47.7. The van der Waals surface area contributed by atoms with E-state index in [1.54, 1.807) is 18.2 Å². The number of nitrogens with zero attached hydrogens (tertiary/aromatic N) is 2. The van der Waals surface area contributed by atoms with E-state index in [4.69, 9.17) is 4.74 Å². The van der Waals surface area contributed by atoms with Crippen molar-refractivity contribution in [2.45, 2.75) is 17.9 Å². The van der Waals surface area contributed by atoms with Gasteiger partial charge in [-0.05, 0) is 17.7 Å². The Kier molecular flexibility index (Phi) is 5.51. The van der Waals surface area contributed by atoms with Gasteiger partial charge >= 0.3 is 12.2 Å². The molecule has 3 rings (SSSR count). The highest BCUT2D eigenvalue weighted by Gasteiger charge is 2.70. The summed E-state index contributed by atoms with van der Waals surface area (Å²) in [6, 6.07) is 11.0. The molecule has 6 nitrogen and oxygen atoms in total. The van der Waals surface area contributed by atoms with Crippen LogP contribution < -0.4 is 4.74 Å². The van der Waals surface area contributed by atoms with Gasteiger partial charge in [0, 0.05) is 19.7 Å². The van der Waals surface area contributed by atoms with Crippen molar-refractivity contribution in [3.8, 4) is 5.75 Å². The zero-order chi connectivity index (χ0) is 22.3. The van der Waals surface area contributed by atoms with Gasteiger partial charge in [0.15, 0.2) is 5.78 Å². The van der Waals surface area contributed by atoms with Crippen LogP contribution in [0.1, 0.15) is 22.0 Å². The molecule has 1 aliphatic heterocycles. The average molecular weight is 422 g/mol. The molecule has 0 saturated carbocycles. The topological polar surface area (TPSA) is 70.1 Å². The van der Waals surface area contributed by atoms with Gasteiger partial charge in [0.25, 0.3) is 5.72 Å². The Bertz CT molecular complexity index is 951. The maximum absolute atomic E-state index is 14.2. The number of hydrogen-bond donors (Lipinski definition) is 1. The number of benzene rings is 2. The highest BCUT2D eigenvalue weighted by molar-refractivity contribution is 6.00. The second-order valence-corrected chi connectivity index (χ2v) is 7.11. The van der Waals surface area contributed by atoms with E-state index in [1.807, 2.05) is 0 Å². The summed E-state index contributed by atoms with van der Waals surface area (Å²) >= 11 is 0. The zero-order valence-corrected chi connectivity index (χ0v) is 16.6. The first-order valence-corrected chi connectivity index (χ1v) is 9.07. The van der Waals surface area contributed by atoms with Gasteiger partial charge in [0.2, 0.25) is 0 Å². The van der Waals surface area contributed by atoms with Crippen LogP contribution in [0.25, 0.3) is 0 Å². The molecule has 0 aromatic heterocycles. The second kappa shape index (κ2) is 7.64. The Morgan fingerprint density at radius 2 is 1.73 bits per heavy atom. The third-order valence-corrected chi connectivity index (χ3v) is 5.46. The van der Waals surface area contributed by atoms with Crippen molar-refractivity contribution in [1.29, 1.82) is 0 Å². The molecule has 9 heteroatoms. The minimum absolute atomic E-state index is 0.00535. The second-order valence-electron chi connectivity index (χ2n) is 7.11. The fraction of sp³-hybridized carbons (Fsp3) is 0.333. The molecule has 0 radical (unpaired) electrons. The van der Waals surface area contributed by atoms with Crippen LogP contribution in [0.15, 0.2) is 54.6 Å². The monoisotopic (exact) mass is 422 g/mol. The standard InChI is InChI=1S/C21H21F3N2O4/c1-25-17(14-10-7-11-15(12-14)30-3)16(18(27)13-8-5-4-6-9-13)20(29,21(22,23)24)26(2)19(25)28/h4-12,16-17,29H,1-3H3. The lowest BCUT2D eigenvalue weighted by atomic mass is 9.75. The number of Topliss-reactive ketones (excluding diaryl/α,β-unsaturated/α-hetero) is 1. The highest BCUT2D eigenvalue weighted by Crippen LogP contribution is 2.50. The van der Waals surface area contributed by atoms with E-state index in [0.717, 1.165) is 11.9 Å². The van der Waals surface area contributed by atoms with Crippen molar-refractivity contribution in [2.24, 2.45) is 5.92 Å². The maximum Gasteiger partial charge on any atom is 0.437 e. The number of ketones is 1. The minimum Gasteiger partial charge on any atom is -0.497 e. The molecule has 160 valence electrons. The Morgan fingerprint density at radius 3 is 2.30 bits per heavy atom. The van der Waals surface area contributed by atoms with E-state index in [1.165, 1.54) is 50.6 Å². The summed E-state index contributed by atoms with van der Waals surface area (Å²) in [7, 11) is 3.52. The molecule has 2 amide bonds. The number of ether oxygens (including phenoxy) is 1. The summed E-state index contributed by atoms with van der Waals surface area (Å²) in [6.45, 7) is 0. The molecule has 1 aliphatic rings. The molecule has 2 aromatic rings. The summed E-state index contributed by atoms with van der Waals surface area (Å²) in [5.41, 5.74) is -3.48. The summed E-state index contributed by atoms with van der Waals surface area (Å²) in [4.78, 5) is 27.2.